The molecule has 1 aromatic carbocycles. The summed E-state index contributed by atoms with van der Waals surface area (Å²) in [6, 6.07) is 4.37. The molecule has 0 spiro atoms. The number of aromatic hydroxyl groups is 1. The molecule has 5 nitrogen and oxygen atoms in total. The van der Waals surface area contributed by atoms with Gasteiger partial charge in [-0.3, -0.25) is 9.78 Å². The number of benzene rings is 1. The third-order valence-corrected chi connectivity index (χ3v) is 1.93. The van der Waals surface area contributed by atoms with Gasteiger partial charge < -0.3 is 10.4 Å². The molecular formula is C10H7F2N3O2. The minimum absolute atomic E-state index is 0.181. The Morgan fingerprint density at radius 1 is 1.35 bits per heavy atom. The summed E-state index contributed by atoms with van der Waals surface area (Å²) < 4.78 is 26.2. The minimum atomic E-state index is -1.10. The van der Waals surface area contributed by atoms with Crippen LogP contribution in [0.3, 0.4) is 0 Å². The van der Waals surface area contributed by atoms with E-state index < -0.39 is 23.1 Å². The molecular weight excluding hydrogens is 232 g/mol. The normalized spacial score (nSPS) is 10.2. The Kier molecular flexibility index (Phi) is 2.73. The molecule has 0 fully saturated rings. The van der Waals surface area contributed by atoms with Crippen molar-refractivity contribution in [2.75, 3.05) is 5.32 Å². The number of aromatic nitrogens is 2. The highest BCUT2D eigenvalue weighted by atomic mass is 19.2. The van der Waals surface area contributed by atoms with Gasteiger partial charge in [-0.2, -0.15) is 4.98 Å². The van der Waals surface area contributed by atoms with Crippen molar-refractivity contribution >= 4 is 11.6 Å². The van der Waals surface area contributed by atoms with E-state index in [2.05, 4.69) is 15.3 Å². The zero-order valence-electron chi connectivity index (χ0n) is 8.37. The maximum atomic E-state index is 13.3. The van der Waals surface area contributed by atoms with Gasteiger partial charge in [0, 0.05) is 0 Å². The average molecular weight is 239 g/mol. The maximum Gasteiger partial charge on any atom is 0.256 e. The first-order valence-electron chi connectivity index (χ1n) is 4.57. The largest absolute Gasteiger partial charge is 0.493 e. The van der Waals surface area contributed by atoms with Crippen LogP contribution >= 0.6 is 0 Å². The van der Waals surface area contributed by atoms with E-state index in [0.717, 1.165) is 12.1 Å². The SMILES string of the molecule is O=c1cc(O)nc(Nc2cccc(F)c2F)[nH]1. The molecule has 0 bridgehead atoms. The number of halogens is 2. The fourth-order valence-electron chi connectivity index (χ4n) is 1.23. The summed E-state index contributed by atoms with van der Waals surface area (Å²) >= 11 is 0. The maximum absolute atomic E-state index is 13.3. The van der Waals surface area contributed by atoms with Crippen molar-refractivity contribution in [3.8, 4) is 5.88 Å². The molecule has 2 rings (SSSR count). The molecule has 0 aliphatic rings. The van der Waals surface area contributed by atoms with Crippen LogP contribution in [0.4, 0.5) is 20.4 Å². The van der Waals surface area contributed by atoms with Gasteiger partial charge in [-0.25, -0.2) is 8.78 Å². The lowest BCUT2D eigenvalue weighted by atomic mass is 10.3. The first kappa shape index (κ1) is 11.1. The third-order valence-electron chi connectivity index (χ3n) is 1.93. The molecule has 0 unspecified atom stereocenters. The van der Waals surface area contributed by atoms with Crippen molar-refractivity contribution in [1.82, 2.24) is 9.97 Å². The first-order valence-corrected chi connectivity index (χ1v) is 4.57. The number of hydrogen-bond acceptors (Lipinski definition) is 4. The number of nitrogens with one attached hydrogen (secondary N) is 2. The fraction of sp³-hybridized carbons (Fsp3) is 0. The van der Waals surface area contributed by atoms with Crippen LogP contribution < -0.4 is 10.9 Å². The van der Waals surface area contributed by atoms with Gasteiger partial charge in [0.1, 0.15) is 0 Å². The summed E-state index contributed by atoms with van der Waals surface area (Å²) in [5.74, 6) is -2.83. The van der Waals surface area contributed by atoms with Crippen molar-refractivity contribution in [2.45, 2.75) is 0 Å². The molecule has 2 aromatic rings. The number of hydrogen-bond donors (Lipinski definition) is 3. The van der Waals surface area contributed by atoms with Crippen molar-refractivity contribution in [3.05, 3.63) is 46.3 Å². The second-order valence-corrected chi connectivity index (χ2v) is 3.18. The van der Waals surface area contributed by atoms with Gasteiger partial charge in [0.05, 0.1) is 11.8 Å². The second-order valence-electron chi connectivity index (χ2n) is 3.18. The lowest BCUT2D eigenvalue weighted by Gasteiger charge is -2.06. The van der Waals surface area contributed by atoms with Gasteiger partial charge in [-0.15, -0.1) is 0 Å². The van der Waals surface area contributed by atoms with Gasteiger partial charge in [-0.1, -0.05) is 6.07 Å². The van der Waals surface area contributed by atoms with Gasteiger partial charge in [0.25, 0.3) is 5.56 Å². The summed E-state index contributed by atoms with van der Waals surface area (Å²) in [6.45, 7) is 0. The molecule has 0 aliphatic carbocycles. The van der Waals surface area contributed by atoms with E-state index in [1.807, 2.05) is 0 Å². The van der Waals surface area contributed by atoms with E-state index in [1.54, 1.807) is 0 Å². The molecule has 0 saturated heterocycles. The molecule has 0 radical (unpaired) electrons. The number of aromatic amines is 1. The lowest BCUT2D eigenvalue weighted by Crippen LogP contribution is -2.09. The minimum Gasteiger partial charge on any atom is -0.493 e. The summed E-state index contributed by atoms with van der Waals surface area (Å²) in [6.07, 6.45) is 0. The molecule has 0 amide bonds. The van der Waals surface area contributed by atoms with E-state index in [1.165, 1.54) is 12.1 Å². The molecule has 3 N–H and O–H groups in total. The van der Waals surface area contributed by atoms with Crippen molar-refractivity contribution in [2.24, 2.45) is 0 Å². The predicted octanol–water partition coefficient (Wildman–Crippen LogP) is 1.50. The quantitative estimate of drug-likeness (QED) is 0.742. The molecule has 1 heterocycles. The van der Waals surface area contributed by atoms with Crippen LogP contribution in [0.1, 0.15) is 0 Å². The molecule has 88 valence electrons. The smallest absolute Gasteiger partial charge is 0.256 e. The standard InChI is InChI=1S/C10H7F2N3O2/c11-5-2-1-3-6(9(5)12)13-10-14-7(16)4-8(17)15-10/h1-4H,(H3,13,14,15,16,17). The average Bonchev–Trinajstić information content (AvgIpc) is 2.23. The van der Waals surface area contributed by atoms with E-state index in [-0.39, 0.29) is 11.6 Å². The summed E-state index contributed by atoms with van der Waals surface area (Å²) in [5, 5.41) is 11.4. The first-order chi connectivity index (χ1) is 8.06. The van der Waals surface area contributed by atoms with Crippen LogP contribution in [0.25, 0.3) is 0 Å². The number of H-pyrrole nitrogens is 1. The van der Waals surface area contributed by atoms with Crippen LogP contribution in [0.15, 0.2) is 29.1 Å². The number of rotatable bonds is 2. The van der Waals surface area contributed by atoms with Crippen molar-refractivity contribution < 1.29 is 13.9 Å². The molecule has 0 atom stereocenters. The van der Waals surface area contributed by atoms with Gasteiger partial charge in [-0.05, 0) is 12.1 Å². The second kappa shape index (κ2) is 4.20. The van der Waals surface area contributed by atoms with Crippen LogP contribution in [0.5, 0.6) is 5.88 Å². The Morgan fingerprint density at radius 3 is 2.82 bits per heavy atom. The van der Waals surface area contributed by atoms with E-state index in [4.69, 9.17) is 5.11 Å². The van der Waals surface area contributed by atoms with Crippen LogP contribution in [0.2, 0.25) is 0 Å². The topological polar surface area (TPSA) is 78.0 Å². The summed E-state index contributed by atoms with van der Waals surface area (Å²) in [5.41, 5.74) is -0.810. The van der Waals surface area contributed by atoms with E-state index in [0.29, 0.717) is 0 Å². The van der Waals surface area contributed by atoms with Gasteiger partial charge in [0.2, 0.25) is 11.8 Å². The van der Waals surface area contributed by atoms with Crippen LogP contribution in [0, 0.1) is 11.6 Å². The Bertz CT molecular complexity index is 613. The number of nitrogens with zero attached hydrogens (tertiary/aromatic N) is 1. The van der Waals surface area contributed by atoms with E-state index >= 15 is 0 Å². The van der Waals surface area contributed by atoms with Crippen molar-refractivity contribution in [1.29, 1.82) is 0 Å². The van der Waals surface area contributed by atoms with Crippen LogP contribution in [-0.4, -0.2) is 15.1 Å². The Morgan fingerprint density at radius 2 is 2.12 bits per heavy atom. The van der Waals surface area contributed by atoms with Crippen LogP contribution in [-0.2, 0) is 0 Å². The highest BCUT2D eigenvalue weighted by Crippen LogP contribution is 2.19. The Hall–Kier alpha value is -2.44. The molecule has 17 heavy (non-hydrogen) atoms. The highest BCUT2D eigenvalue weighted by molar-refractivity contribution is 5.54. The highest BCUT2D eigenvalue weighted by Gasteiger charge is 2.08. The third kappa shape index (κ3) is 2.39. The van der Waals surface area contributed by atoms with E-state index in [9.17, 15) is 13.6 Å². The zero-order valence-corrected chi connectivity index (χ0v) is 8.37. The zero-order chi connectivity index (χ0) is 12.4. The molecule has 0 aliphatic heterocycles. The summed E-state index contributed by atoms with van der Waals surface area (Å²) in [4.78, 5) is 16.7. The van der Waals surface area contributed by atoms with Crippen molar-refractivity contribution in [3.63, 3.8) is 0 Å². The summed E-state index contributed by atoms with van der Waals surface area (Å²) in [7, 11) is 0. The molecule has 1 aromatic heterocycles. The monoisotopic (exact) mass is 239 g/mol. The van der Waals surface area contributed by atoms with Gasteiger partial charge in [0.15, 0.2) is 11.6 Å². The van der Waals surface area contributed by atoms with Gasteiger partial charge >= 0.3 is 0 Å². The predicted molar refractivity (Wildman–Crippen MR) is 56.2 cm³/mol. The Balaban J connectivity index is 2.38. The molecule has 0 saturated carbocycles. The lowest BCUT2D eigenvalue weighted by molar-refractivity contribution is 0.452. The fourth-order valence-corrected chi connectivity index (χ4v) is 1.23. The molecule has 7 heteroatoms. The Labute approximate surface area is 93.8 Å². The number of anilines is 2.